The normalized spacial score (nSPS) is 43.2. The van der Waals surface area contributed by atoms with Gasteiger partial charge in [0.05, 0.1) is 0 Å². The summed E-state index contributed by atoms with van der Waals surface area (Å²) in [5, 5.41) is 20.6. The summed E-state index contributed by atoms with van der Waals surface area (Å²) >= 11 is 0. The first kappa shape index (κ1) is 26.6. The lowest BCUT2D eigenvalue weighted by Gasteiger charge is -2.60. The van der Waals surface area contributed by atoms with Crippen molar-refractivity contribution in [2.24, 2.45) is 40.4 Å². The van der Waals surface area contributed by atoms with Crippen LogP contribution in [0.5, 0.6) is 0 Å². The molecule has 4 aliphatic rings. The molecule has 0 aromatic rings. The lowest BCUT2D eigenvalue weighted by atomic mass is 9.44. The largest absolute Gasteiger partial charge is 0.366 e. The van der Waals surface area contributed by atoms with Gasteiger partial charge in [-0.1, -0.05) is 49.0 Å². The van der Waals surface area contributed by atoms with Crippen LogP contribution >= 0.6 is 0 Å². The first-order chi connectivity index (χ1) is 13.2. The van der Waals surface area contributed by atoms with Crippen molar-refractivity contribution in [2.45, 2.75) is 119 Å². The molecule has 0 aliphatic heterocycles. The molecule has 5 unspecified atom stereocenters. The van der Waals surface area contributed by atoms with Gasteiger partial charge in [0.25, 0.3) is 0 Å². The van der Waals surface area contributed by atoms with E-state index in [9.17, 15) is 15.0 Å². The third-order valence-electron chi connectivity index (χ3n) is 9.14. The predicted octanol–water partition coefficient (Wildman–Crippen LogP) is 6.60. The highest BCUT2D eigenvalue weighted by atomic mass is 16.5. The molecule has 4 saturated carbocycles. The summed E-state index contributed by atoms with van der Waals surface area (Å²) in [5.41, 5.74) is 0.422. The van der Waals surface area contributed by atoms with Gasteiger partial charge in [-0.2, -0.15) is 0 Å². The van der Waals surface area contributed by atoms with E-state index in [4.69, 9.17) is 0 Å². The Morgan fingerprint density at radius 1 is 0.862 bits per heavy atom. The highest BCUT2D eigenvalue weighted by molar-refractivity contribution is 5.79. The van der Waals surface area contributed by atoms with Crippen LogP contribution in [0.2, 0.25) is 0 Å². The Labute approximate surface area is 181 Å². The quantitative estimate of drug-likeness (QED) is 0.479. The van der Waals surface area contributed by atoms with Crippen LogP contribution in [0, 0.1) is 40.4 Å². The molecule has 4 aliphatic carbocycles. The van der Waals surface area contributed by atoms with Gasteiger partial charge in [-0.3, -0.25) is 4.79 Å². The van der Waals surface area contributed by atoms with Gasteiger partial charge in [0.1, 0.15) is 5.78 Å². The molecule has 0 spiro atoms. The summed E-state index contributed by atoms with van der Waals surface area (Å²) < 4.78 is 0. The number of fused-ring (bicyclic) bond motifs is 5. The fraction of sp³-hybridized carbons (Fsp3) is 0.962. The third kappa shape index (κ3) is 4.47. The van der Waals surface area contributed by atoms with E-state index in [1.165, 1.54) is 19.3 Å². The molecule has 7 atom stereocenters. The Morgan fingerprint density at radius 3 is 2.03 bits per heavy atom. The van der Waals surface area contributed by atoms with Crippen molar-refractivity contribution < 1.29 is 15.0 Å². The second kappa shape index (κ2) is 9.81. The topological polar surface area (TPSA) is 57.5 Å². The zero-order valence-corrected chi connectivity index (χ0v) is 19.6. The van der Waals surface area contributed by atoms with E-state index in [-0.39, 0.29) is 18.8 Å². The molecule has 0 radical (unpaired) electrons. The zero-order valence-electron chi connectivity index (χ0n) is 19.6. The lowest BCUT2D eigenvalue weighted by Crippen LogP contribution is -2.55. The van der Waals surface area contributed by atoms with E-state index < -0.39 is 5.79 Å². The van der Waals surface area contributed by atoms with Crippen molar-refractivity contribution in [3.8, 4) is 0 Å². The maximum Gasteiger partial charge on any atom is 0.163 e. The second-order valence-corrected chi connectivity index (χ2v) is 10.2. The Hall–Kier alpha value is -0.410. The molecule has 0 aromatic heterocycles. The molecular formula is C26H50O3. The van der Waals surface area contributed by atoms with Crippen LogP contribution in [0.3, 0.4) is 0 Å². The molecule has 3 heteroatoms. The molecule has 29 heavy (non-hydrogen) atoms. The summed E-state index contributed by atoms with van der Waals surface area (Å²) in [6.07, 6.45) is 9.58. The molecule has 2 N–H and O–H groups in total. The molecule has 0 heterocycles. The first-order valence-corrected chi connectivity index (χ1v) is 12.1. The fourth-order valence-electron chi connectivity index (χ4n) is 7.94. The van der Waals surface area contributed by atoms with Crippen molar-refractivity contribution in [1.29, 1.82) is 0 Å². The number of hydrogen-bond donors (Lipinski definition) is 2. The van der Waals surface area contributed by atoms with Crippen LogP contribution in [-0.4, -0.2) is 21.8 Å². The smallest absolute Gasteiger partial charge is 0.163 e. The van der Waals surface area contributed by atoms with Gasteiger partial charge in [-0.25, -0.2) is 0 Å². The number of aliphatic hydroxyl groups is 2. The van der Waals surface area contributed by atoms with E-state index in [1.54, 1.807) is 6.92 Å². The summed E-state index contributed by atoms with van der Waals surface area (Å²) in [6, 6.07) is 0. The van der Waals surface area contributed by atoms with Gasteiger partial charge in [-0.15, -0.1) is 0 Å². The number of rotatable bonds is 1. The highest BCUT2D eigenvalue weighted by Crippen LogP contribution is 2.68. The number of Topliss-reactive ketones (excluding diaryl/α,β-unsaturated/α-hetero) is 1. The maximum atomic E-state index is 12.0. The molecule has 0 bridgehead atoms. The Morgan fingerprint density at radius 2 is 1.45 bits per heavy atom. The minimum atomic E-state index is -1.55. The van der Waals surface area contributed by atoms with Crippen molar-refractivity contribution in [1.82, 2.24) is 0 Å². The summed E-state index contributed by atoms with van der Waals surface area (Å²) in [4.78, 5) is 12.0. The highest BCUT2D eigenvalue weighted by Gasteiger charge is 2.62. The molecule has 4 fully saturated rings. The number of ketones is 1. The Bertz CT molecular complexity index is 537. The van der Waals surface area contributed by atoms with Crippen LogP contribution < -0.4 is 0 Å². The minimum absolute atomic E-state index is 0. The SMILES string of the molecule is C.CC.CC.CC12CCC(=O)CC1CCC1C2CC[C@@]2(C)C1CC[C@@H]2C(C)(O)O. The van der Waals surface area contributed by atoms with Crippen molar-refractivity contribution >= 4 is 5.78 Å². The molecule has 0 aromatic carbocycles. The number of carbonyl (C=O) groups is 1. The molecule has 172 valence electrons. The van der Waals surface area contributed by atoms with Gasteiger partial charge in [0, 0.05) is 18.8 Å². The summed E-state index contributed by atoms with van der Waals surface area (Å²) in [5.74, 6) is 1.64. The first-order valence-electron chi connectivity index (χ1n) is 12.1. The lowest BCUT2D eigenvalue weighted by molar-refractivity contribution is -0.221. The van der Waals surface area contributed by atoms with E-state index in [1.807, 2.05) is 27.7 Å². The van der Waals surface area contributed by atoms with Gasteiger partial charge < -0.3 is 10.2 Å². The van der Waals surface area contributed by atoms with Crippen molar-refractivity contribution in [3.05, 3.63) is 0 Å². The van der Waals surface area contributed by atoms with Crippen molar-refractivity contribution in [2.75, 3.05) is 0 Å². The van der Waals surface area contributed by atoms with Gasteiger partial charge in [-0.05, 0) is 86.4 Å². The van der Waals surface area contributed by atoms with Gasteiger partial charge >= 0.3 is 0 Å². The van der Waals surface area contributed by atoms with Gasteiger partial charge in [0.15, 0.2) is 5.79 Å². The maximum absolute atomic E-state index is 12.0. The van der Waals surface area contributed by atoms with Crippen LogP contribution in [0.15, 0.2) is 0 Å². The van der Waals surface area contributed by atoms with Crippen LogP contribution in [0.4, 0.5) is 0 Å². The van der Waals surface area contributed by atoms with E-state index in [2.05, 4.69) is 13.8 Å². The van der Waals surface area contributed by atoms with Crippen LogP contribution in [0.1, 0.15) is 114 Å². The monoisotopic (exact) mass is 410 g/mol. The predicted molar refractivity (Wildman–Crippen MR) is 122 cm³/mol. The average Bonchev–Trinajstić information content (AvgIpc) is 3.03. The third-order valence-corrected chi connectivity index (χ3v) is 9.14. The zero-order chi connectivity index (χ0) is 21.3. The number of hydrogen-bond acceptors (Lipinski definition) is 3. The Balaban J connectivity index is 0.000000794. The van der Waals surface area contributed by atoms with E-state index in [0.717, 1.165) is 50.4 Å². The standard InChI is InChI=1S/C21H34O3.2C2H6.CH4/c1-19-10-8-14(22)12-13(19)4-5-15-16-6-7-18(21(3,23)24)20(16,2)11-9-17(15)19;2*1-2;/h13,15-18,23-24H,4-12H2,1-3H3;2*1-2H3;1H4/t13?,15?,16?,17?,18-,19?,20-;;;/m0.../s1. The van der Waals surface area contributed by atoms with Crippen LogP contribution in [-0.2, 0) is 4.79 Å². The molecule has 3 nitrogen and oxygen atoms in total. The minimum Gasteiger partial charge on any atom is -0.366 e. The average molecular weight is 411 g/mol. The summed E-state index contributed by atoms with van der Waals surface area (Å²) in [7, 11) is 0. The van der Waals surface area contributed by atoms with E-state index >= 15 is 0 Å². The molecule has 4 rings (SSSR count). The number of carbonyl (C=O) groups excluding carboxylic acids is 1. The molecular weight excluding hydrogens is 360 g/mol. The summed E-state index contributed by atoms with van der Waals surface area (Å²) in [6.45, 7) is 14.4. The van der Waals surface area contributed by atoms with Gasteiger partial charge in [0.2, 0.25) is 0 Å². The van der Waals surface area contributed by atoms with Crippen LogP contribution in [0.25, 0.3) is 0 Å². The van der Waals surface area contributed by atoms with E-state index in [0.29, 0.717) is 23.0 Å². The van der Waals surface area contributed by atoms with Crippen molar-refractivity contribution in [3.63, 3.8) is 0 Å². The fourth-order valence-corrected chi connectivity index (χ4v) is 7.94. The second-order valence-electron chi connectivity index (χ2n) is 10.2. The molecule has 0 amide bonds. The molecule has 0 saturated heterocycles. The Kier molecular flexibility index (Phi) is 9.01.